The fourth-order valence-corrected chi connectivity index (χ4v) is 2.31. The zero-order chi connectivity index (χ0) is 15.5. The lowest BCUT2D eigenvalue weighted by atomic mass is 10.1. The number of nitro groups is 1. The first-order valence-electron chi connectivity index (χ1n) is 6.67. The van der Waals surface area contributed by atoms with Crippen LogP contribution in [0.15, 0.2) is 12.4 Å². The molecule has 1 heterocycles. The molecule has 7 heteroatoms. The number of piperazine rings is 1. The lowest BCUT2D eigenvalue weighted by Gasteiger charge is -2.43. The fraction of sp³-hybridized carbons (Fsp3) is 0.769. The van der Waals surface area contributed by atoms with Crippen molar-refractivity contribution < 1.29 is 14.5 Å². The summed E-state index contributed by atoms with van der Waals surface area (Å²) in [5.74, 6) is 0. The summed E-state index contributed by atoms with van der Waals surface area (Å²) >= 11 is 0. The van der Waals surface area contributed by atoms with Gasteiger partial charge in [-0.25, -0.2) is 4.79 Å². The second-order valence-corrected chi connectivity index (χ2v) is 6.12. The number of ether oxygens (including phenoxy) is 1. The Hall–Kier alpha value is -1.79. The molecule has 1 rings (SSSR count). The molecule has 1 amide bonds. The molecule has 0 aliphatic carbocycles. The smallest absolute Gasteiger partial charge is 0.410 e. The maximum absolute atomic E-state index is 12.2. The molecule has 0 radical (unpaired) electrons. The average molecular weight is 285 g/mol. The average Bonchev–Trinajstić information content (AvgIpc) is 2.22. The van der Waals surface area contributed by atoms with Crippen molar-refractivity contribution in [3.63, 3.8) is 0 Å². The summed E-state index contributed by atoms with van der Waals surface area (Å²) in [6.07, 6.45) is 2.04. The maximum Gasteiger partial charge on any atom is 0.410 e. The van der Waals surface area contributed by atoms with E-state index in [0.717, 1.165) is 6.20 Å². The molecule has 7 nitrogen and oxygen atoms in total. The van der Waals surface area contributed by atoms with Crippen LogP contribution in [0.2, 0.25) is 0 Å². The van der Waals surface area contributed by atoms with Crippen LogP contribution in [0.4, 0.5) is 4.79 Å². The van der Waals surface area contributed by atoms with E-state index in [4.69, 9.17) is 4.74 Å². The molecular weight excluding hydrogens is 262 g/mol. The quantitative estimate of drug-likeness (QED) is 0.573. The molecule has 20 heavy (non-hydrogen) atoms. The van der Waals surface area contributed by atoms with E-state index in [1.165, 1.54) is 6.20 Å². The predicted molar refractivity (Wildman–Crippen MR) is 74.7 cm³/mol. The molecule has 1 saturated heterocycles. The maximum atomic E-state index is 12.2. The first-order chi connectivity index (χ1) is 9.10. The summed E-state index contributed by atoms with van der Waals surface area (Å²) in [5.41, 5.74) is -0.529. The third kappa shape index (κ3) is 4.71. The van der Waals surface area contributed by atoms with Gasteiger partial charge in [-0.15, -0.1) is 0 Å². The normalized spacial score (nSPS) is 24.1. The number of amides is 1. The van der Waals surface area contributed by atoms with Gasteiger partial charge in [-0.1, -0.05) is 0 Å². The van der Waals surface area contributed by atoms with Crippen LogP contribution in [0.3, 0.4) is 0 Å². The predicted octanol–water partition coefficient (Wildman–Crippen LogP) is 2.06. The molecule has 0 unspecified atom stereocenters. The van der Waals surface area contributed by atoms with Gasteiger partial charge in [0.25, 0.3) is 0 Å². The van der Waals surface area contributed by atoms with E-state index in [-0.39, 0.29) is 18.2 Å². The molecule has 0 bridgehead atoms. The number of nitrogens with zero attached hydrogens (tertiary/aromatic N) is 3. The fourth-order valence-electron chi connectivity index (χ4n) is 2.31. The van der Waals surface area contributed by atoms with E-state index in [1.54, 1.807) is 4.90 Å². The van der Waals surface area contributed by atoms with Gasteiger partial charge in [0, 0.05) is 13.1 Å². The Bertz CT molecular complexity index is 391. The van der Waals surface area contributed by atoms with Gasteiger partial charge in [-0.2, -0.15) is 0 Å². The van der Waals surface area contributed by atoms with Crippen molar-refractivity contribution in [3.8, 4) is 0 Å². The molecule has 0 aromatic rings. The zero-order valence-corrected chi connectivity index (χ0v) is 12.7. The van der Waals surface area contributed by atoms with Crippen molar-refractivity contribution in [1.82, 2.24) is 9.80 Å². The van der Waals surface area contributed by atoms with Gasteiger partial charge in [0.15, 0.2) is 0 Å². The van der Waals surface area contributed by atoms with E-state index >= 15 is 0 Å². The molecule has 1 aliphatic heterocycles. The Morgan fingerprint density at radius 1 is 1.30 bits per heavy atom. The topological polar surface area (TPSA) is 75.9 Å². The van der Waals surface area contributed by atoms with E-state index < -0.39 is 10.5 Å². The van der Waals surface area contributed by atoms with Crippen LogP contribution in [-0.2, 0) is 4.74 Å². The zero-order valence-electron chi connectivity index (χ0n) is 12.7. The summed E-state index contributed by atoms with van der Waals surface area (Å²) in [5, 5.41) is 10.3. The highest BCUT2D eigenvalue weighted by Gasteiger charge is 2.34. The molecule has 0 aromatic carbocycles. The monoisotopic (exact) mass is 285 g/mol. The van der Waals surface area contributed by atoms with Crippen LogP contribution in [0.25, 0.3) is 0 Å². The Labute approximate surface area is 119 Å². The Morgan fingerprint density at radius 2 is 1.80 bits per heavy atom. The number of carbonyl (C=O) groups is 1. The highest BCUT2D eigenvalue weighted by Crippen LogP contribution is 2.20. The Kier molecular flexibility index (Phi) is 4.97. The van der Waals surface area contributed by atoms with Crippen LogP contribution in [0.5, 0.6) is 0 Å². The van der Waals surface area contributed by atoms with Crippen LogP contribution in [-0.4, -0.2) is 51.6 Å². The second-order valence-electron chi connectivity index (χ2n) is 6.12. The minimum Gasteiger partial charge on any atom is -0.444 e. The van der Waals surface area contributed by atoms with Crippen LogP contribution < -0.4 is 0 Å². The minimum atomic E-state index is -0.529. The standard InChI is InChI=1S/C13H23N3O4/c1-10-8-14(6-7-15(18)19)9-11(2)16(10)12(17)20-13(3,4)5/h6-7,10-11H,8-9H2,1-5H3/b7-6+/t10-,11+. The summed E-state index contributed by atoms with van der Waals surface area (Å²) in [7, 11) is 0. The lowest BCUT2D eigenvalue weighted by Crippen LogP contribution is -2.58. The number of hydrogen-bond donors (Lipinski definition) is 0. The van der Waals surface area contributed by atoms with Crippen LogP contribution in [0.1, 0.15) is 34.6 Å². The molecule has 0 N–H and O–H groups in total. The van der Waals surface area contributed by atoms with E-state index in [9.17, 15) is 14.9 Å². The lowest BCUT2D eigenvalue weighted by molar-refractivity contribution is -0.403. The summed E-state index contributed by atoms with van der Waals surface area (Å²) in [6.45, 7) is 10.4. The van der Waals surface area contributed by atoms with Gasteiger partial charge in [-0.3, -0.25) is 15.0 Å². The van der Waals surface area contributed by atoms with E-state index in [0.29, 0.717) is 13.1 Å². The van der Waals surface area contributed by atoms with Crippen molar-refractivity contribution in [3.05, 3.63) is 22.5 Å². The van der Waals surface area contributed by atoms with Crippen molar-refractivity contribution in [2.75, 3.05) is 13.1 Å². The van der Waals surface area contributed by atoms with Crippen molar-refractivity contribution >= 4 is 6.09 Å². The first kappa shape index (κ1) is 16.3. The summed E-state index contributed by atoms with van der Waals surface area (Å²) < 4.78 is 5.39. The molecule has 0 spiro atoms. The van der Waals surface area contributed by atoms with Gasteiger partial charge < -0.3 is 9.64 Å². The Balaban J connectivity index is 2.70. The summed E-state index contributed by atoms with van der Waals surface area (Å²) in [4.78, 5) is 25.6. The third-order valence-electron chi connectivity index (χ3n) is 2.95. The number of hydrogen-bond acceptors (Lipinski definition) is 5. The third-order valence-corrected chi connectivity index (χ3v) is 2.95. The van der Waals surface area contributed by atoms with Gasteiger partial charge in [0.05, 0.1) is 23.2 Å². The summed E-state index contributed by atoms with van der Waals surface area (Å²) in [6, 6.07) is -0.130. The van der Waals surface area contributed by atoms with Gasteiger partial charge in [-0.05, 0) is 34.6 Å². The highest BCUT2D eigenvalue weighted by atomic mass is 16.6. The van der Waals surface area contributed by atoms with Gasteiger partial charge in [0.2, 0.25) is 6.20 Å². The van der Waals surface area contributed by atoms with Crippen molar-refractivity contribution in [1.29, 1.82) is 0 Å². The van der Waals surface area contributed by atoms with Gasteiger partial charge in [0.1, 0.15) is 5.60 Å². The van der Waals surface area contributed by atoms with Crippen LogP contribution >= 0.6 is 0 Å². The minimum absolute atomic E-state index is 0.0648. The SMILES string of the molecule is C[C@@H]1CN(/C=C/[N+](=O)[O-])C[C@H](C)N1C(=O)OC(C)(C)C. The molecule has 0 saturated carbocycles. The molecule has 1 fully saturated rings. The van der Waals surface area contributed by atoms with Crippen LogP contribution in [0, 0.1) is 10.1 Å². The molecular formula is C13H23N3O4. The molecule has 114 valence electrons. The highest BCUT2D eigenvalue weighted by molar-refractivity contribution is 5.69. The Morgan fingerprint density at radius 3 is 2.20 bits per heavy atom. The molecule has 1 aliphatic rings. The second kappa shape index (κ2) is 6.11. The van der Waals surface area contributed by atoms with Gasteiger partial charge >= 0.3 is 6.09 Å². The molecule has 0 aromatic heterocycles. The van der Waals surface area contributed by atoms with Crippen molar-refractivity contribution in [2.24, 2.45) is 0 Å². The number of rotatable bonds is 2. The number of carbonyl (C=O) groups excluding carboxylic acids is 1. The largest absolute Gasteiger partial charge is 0.444 e. The van der Waals surface area contributed by atoms with E-state index in [1.807, 2.05) is 39.5 Å². The molecule has 2 atom stereocenters. The van der Waals surface area contributed by atoms with E-state index in [2.05, 4.69) is 0 Å². The first-order valence-corrected chi connectivity index (χ1v) is 6.67. The van der Waals surface area contributed by atoms with Crippen molar-refractivity contribution in [2.45, 2.75) is 52.3 Å².